The number of hydrogen-bond acceptors (Lipinski definition) is 17. The summed E-state index contributed by atoms with van der Waals surface area (Å²) >= 11 is 9.83. The molecule has 12 aromatic carbocycles. The van der Waals surface area contributed by atoms with Crippen LogP contribution in [0, 0.1) is 0 Å². The van der Waals surface area contributed by atoms with E-state index < -0.39 is 71.8 Å². The fourth-order valence-corrected chi connectivity index (χ4v) is 16.2. The van der Waals surface area contributed by atoms with E-state index >= 15 is 0 Å². The molecule has 24 heteroatoms. The zero-order chi connectivity index (χ0) is 79.5. The Morgan fingerprint density at radius 2 is 0.708 bits per heavy atom. The molecule has 3 heterocycles. The molecule has 0 aliphatic carbocycles. The number of carbonyl (C=O) groups excluding carboxylic acids is 7. The number of nitrogens with two attached hydrogens (primary N) is 2. The molecule has 572 valence electrons. The van der Waals surface area contributed by atoms with Crippen LogP contribution < -0.4 is 22.9 Å². The van der Waals surface area contributed by atoms with E-state index in [2.05, 4.69) is 126 Å². The highest BCUT2D eigenvalue weighted by atomic mass is 35.5. The number of nitrogens with zero attached hydrogens (tertiary/aromatic N) is 1. The van der Waals surface area contributed by atoms with Crippen molar-refractivity contribution in [3.05, 3.63) is 338 Å². The summed E-state index contributed by atoms with van der Waals surface area (Å²) in [4.78, 5) is 110. The molecule has 19 nitrogen and oxygen atoms in total. The Bertz CT molecular complexity index is 4960. The fourth-order valence-electron chi connectivity index (χ4n) is 12.2. The van der Waals surface area contributed by atoms with E-state index in [9.17, 15) is 48.7 Å². The first-order chi connectivity index (χ1) is 54.3. The van der Waals surface area contributed by atoms with Crippen molar-refractivity contribution in [2.24, 2.45) is 11.5 Å². The van der Waals surface area contributed by atoms with Gasteiger partial charge in [-0.2, -0.15) is 5.06 Å². The number of carbonyl (C=O) groups is 9. The molecule has 3 aliphatic heterocycles. The lowest BCUT2D eigenvalue weighted by atomic mass is 9.96. The molecule has 15 rings (SSSR count). The molecule has 0 spiro atoms. The number of hydrogen-bond donors (Lipinski definition) is 8. The predicted octanol–water partition coefficient (Wildman–Crippen LogP) is 18.9. The third kappa shape index (κ3) is 23.9. The molecule has 12 aromatic rings. The smallest absolute Gasteiger partial charge is 0.321 e. The summed E-state index contributed by atoms with van der Waals surface area (Å²) in [6.45, 7) is 0. The van der Waals surface area contributed by atoms with Gasteiger partial charge in [0.1, 0.15) is 0 Å². The standard InChI is InChI=1S/C22H17NO3S.C22H17NO2S.C22H18O4S.C22H16O3S.CH4N2O.ClHO.H3N/c24-21-14-19(22(25)23(21)26)18-8-4-5-9-20(18)27-17-12-10-16(11-13-17)15-6-2-1-3-7-15;24-21-14-19(22(25)23-21)18-8-4-5-9-20(18)26-17-12-10-16(11-13-17)15-6-2-1-3-7-15;23-21(24)14-19(22(25)26)18-8-4-5-9-20(18)27-17-12-10-16(11-13-17)15-6-2-1-3-7-15;23-21-14-19(22(24)25-21)18-8-4-5-9-20(18)26-17-12-10-16(11-13-17)15-6-2-1-3-7-15;2-1(3)4;1-2;/h1-13,19,26H,14H2;1-13,19H,14H2,(H,23,24,25);1-13,19H,14H2,(H,23,24)(H,25,26);1-13,19H,14H2;(H4,2,3,4);2H;1H3. The molecule has 0 radical (unpaired) electrons. The summed E-state index contributed by atoms with van der Waals surface area (Å²) in [5.74, 6) is -7.30. The number of halogens is 1. The summed E-state index contributed by atoms with van der Waals surface area (Å²) in [5, 5.41) is 30.7. The van der Waals surface area contributed by atoms with Crippen LogP contribution in [0.2, 0.25) is 0 Å². The van der Waals surface area contributed by atoms with Gasteiger partial charge in [0.25, 0.3) is 11.8 Å². The highest BCUT2D eigenvalue weighted by Gasteiger charge is 2.40. The van der Waals surface area contributed by atoms with E-state index in [0.717, 1.165) is 83.7 Å². The summed E-state index contributed by atoms with van der Waals surface area (Å²) in [6, 6.07) is 103. The van der Waals surface area contributed by atoms with Crippen LogP contribution >= 0.6 is 58.9 Å². The van der Waals surface area contributed by atoms with Gasteiger partial charge < -0.3 is 32.6 Å². The highest BCUT2D eigenvalue weighted by Crippen LogP contribution is 2.43. The summed E-state index contributed by atoms with van der Waals surface area (Å²) in [5.41, 5.74) is 20.8. The van der Waals surface area contributed by atoms with Crippen LogP contribution in [0.5, 0.6) is 0 Å². The van der Waals surface area contributed by atoms with Crippen LogP contribution in [0.4, 0.5) is 4.79 Å². The number of imide groups is 2. The number of hydroxylamine groups is 2. The SMILES string of the molecule is N.NC(N)=O.O=C(O)CC(C(=O)O)c1ccccc1Sc1ccc(-c2ccccc2)cc1.O=C1CC(c2ccccc2Sc2ccc(-c3ccccc3)cc2)C(=O)N1.O=C1CC(c2ccccc2Sc2ccc(-c3ccccc3)cc2)C(=O)N1O.O=C1CC(c2ccccc2Sc2ccc(-c3ccccc3)cc2)C(=O)O1.OCl. The third-order valence-corrected chi connectivity index (χ3v) is 22.0. The first kappa shape index (κ1) is 84.9. The van der Waals surface area contributed by atoms with Crippen molar-refractivity contribution in [2.75, 3.05) is 0 Å². The molecule has 0 bridgehead atoms. The Morgan fingerprint density at radius 3 is 1.01 bits per heavy atom. The Balaban J connectivity index is 0.000000168. The van der Waals surface area contributed by atoms with Crippen LogP contribution in [0.1, 0.15) is 71.6 Å². The van der Waals surface area contributed by atoms with Gasteiger partial charge in [-0.1, -0.05) is 290 Å². The molecule has 12 N–H and O–H groups in total. The van der Waals surface area contributed by atoms with Gasteiger partial charge in [0, 0.05) is 52.0 Å². The van der Waals surface area contributed by atoms with Gasteiger partial charge >= 0.3 is 29.9 Å². The van der Waals surface area contributed by atoms with Crippen molar-refractivity contribution >= 4 is 112 Å². The lowest BCUT2D eigenvalue weighted by molar-refractivity contribution is -0.171. The van der Waals surface area contributed by atoms with Crippen LogP contribution in [-0.2, 0) is 43.1 Å². The molecular formula is C89H76ClN5O14S4. The van der Waals surface area contributed by atoms with Gasteiger partial charge in [-0.15, -0.1) is 0 Å². The summed E-state index contributed by atoms with van der Waals surface area (Å²) in [7, 11) is 0. The highest BCUT2D eigenvalue weighted by molar-refractivity contribution is 8.00. The van der Waals surface area contributed by atoms with Gasteiger partial charge in [0.2, 0.25) is 11.8 Å². The Hall–Kier alpha value is -12.2. The van der Waals surface area contributed by atoms with Crippen LogP contribution in [0.25, 0.3) is 44.5 Å². The molecule has 0 aromatic heterocycles. The van der Waals surface area contributed by atoms with Crippen molar-refractivity contribution in [3.63, 3.8) is 0 Å². The number of cyclic esters (lactones) is 2. The Labute approximate surface area is 674 Å². The second kappa shape index (κ2) is 42.3. The van der Waals surface area contributed by atoms with Crippen molar-refractivity contribution < 1.29 is 68.0 Å². The van der Waals surface area contributed by atoms with Gasteiger partial charge in [0.05, 0.1) is 48.4 Å². The number of esters is 2. The van der Waals surface area contributed by atoms with Crippen molar-refractivity contribution in [1.29, 1.82) is 0 Å². The first-order valence-corrected chi connectivity index (χ1v) is 38.4. The average molecular weight is 1600 g/mol. The average Bonchev–Trinajstić information content (AvgIpc) is 1.43. The normalized spacial score (nSPS) is 14.7. The second-order valence-electron chi connectivity index (χ2n) is 25.0. The Morgan fingerprint density at radius 1 is 0.407 bits per heavy atom. The van der Waals surface area contributed by atoms with Gasteiger partial charge in [0.15, 0.2) is 0 Å². The number of urea groups is 1. The minimum atomic E-state index is -1.13. The Kier molecular flexibility index (Phi) is 31.8. The number of benzene rings is 12. The molecular weight excluding hydrogens is 1530 g/mol. The van der Waals surface area contributed by atoms with E-state index in [-0.39, 0.29) is 42.3 Å². The molecule has 3 saturated heterocycles. The molecule has 3 fully saturated rings. The molecule has 0 saturated carbocycles. The number of carboxylic acids is 2. The number of rotatable bonds is 19. The lowest BCUT2D eigenvalue weighted by Crippen LogP contribution is -2.26. The quantitative estimate of drug-likeness (QED) is 0.0161. The van der Waals surface area contributed by atoms with Crippen molar-refractivity contribution in [1.82, 2.24) is 16.5 Å². The van der Waals surface area contributed by atoms with E-state index in [1.54, 1.807) is 47.4 Å². The zero-order valence-electron chi connectivity index (χ0n) is 60.4. The predicted molar refractivity (Wildman–Crippen MR) is 439 cm³/mol. The van der Waals surface area contributed by atoms with E-state index in [0.29, 0.717) is 5.56 Å². The molecule has 4 unspecified atom stereocenters. The fraction of sp³-hybridized carbons (Fsp3) is 0.0899. The van der Waals surface area contributed by atoms with E-state index in [1.807, 2.05) is 206 Å². The minimum Gasteiger partial charge on any atom is -0.481 e. The van der Waals surface area contributed by atoms with Crippen LogP contribution in [-0.4, -0.2) is 78.7 Å². The molecule has 6 amide bonds. The van der Waals surface area contributed by atoms with Crippen LogP contribution in [0.3, 0.4) is 0 Å². The van der Waals surface area contributed by atoms with E-state index in [1.165, 1.54) is 28.5 Å². The number of amides is 6. The molecule has 3 aliphatic rings. The largest absolute Gasteiger partial charge is 0.481 e. The molecule has 4 atom stereocenters. The van der Waals surface area contributed by atoms with Crippen LogP contribution in [0.15, 0.2) is 355 Å². The maximum Gasteiger partial charge on any atom is 0.321 e. The maximum absolute atomic E-state index is 12.2. The van der Waals surface area contributed by atoms with Gasteiger partial charge in [-0.3, -0.25) is 53.5 Å². The number of carboxylic acid groups (broad SMARTS) is 2. The zero-order valence-corrected chi connectivity index (χ0v) is 64.4. The molecule has 113 heavy (non-hydrogen) atoms. The number of primary amides is 2. The van der Waals surface area contributed by atoms with Gasteiger partial charge in [-0.05, 0) is 140 Å². The maximum atomic E-state index is 12.2. The van der Waals surface area contributed by atoms with Crippen molar-refractivity contribution in [3.8, 4) is 44.5 Å². The summed E-state index contributed by atoms with van der Waals surface area (Å²) < 4.78 is 11.2. The first-order valence-electron chi connectivity index (χ1n) is 34.8. The minimum absolute atomic E-state index is 0. The van der Waals surface area contributed by atoms with Gasteiger partial charge in [-0.25, -0.2) is 4.79 Å². The second-order valence-corrected chi connectivity index (χ2v) is 29.5. The number of aliphatic carboxylic acids is 2. The number of nitrogens with one attached hydrogen (secondary N) is 1. The lowest BCUT2D eigenvalue weighted by Gasteiger charge is -2.15. The van der Waals surface area contributed by atoms with E-state index in [4.69, 9.17) is 19.3 Å². The third-order valence-electron chi connectivity index (χ3n) is 17.6. The number of ether oxygens (including phenoxy) is 1. The van der Waals surface area contributed by atoms with Crippen molar-refractivity contribution in [2.45, 2.75) is 88.5 Å². The topological polar surface area (TPSA) is 346 Å². The summed E-state index contributed by atoms with van der Waals surface area (Å²) in [6.07, 6.45) is -0.105. The monoisotopic (exact) mass is 1600 g/mol.